The number of rotatable bonds is 4. The van der Waals surface area contributed by atoms with Gasteiger partial charge < -0.3 is 9.84 Å². The van der Waals surface area contributed by atoms with E-state index in [1.54, 1.807) is 6.20 Å². The van der Waals surface area contributed by atoms with E-state index in [0.29, 0.717) is 12.3 Å². The smallest absolute Gasteiger partial charge is 0.119 e. The number of aliphatic hydroxyl groups excluding tert-OH is 1. The van der Waals surface area contributed by atoms with Crippen molar-refractivity contribution < 1.29 is 9.84 Å². The summed E-state index contributed by atoms with van der Waals surface area (Å²) in [5.41, 5.74) is 2.82. The van der Waals surface area contributed by atoms with Gasteiger partial charge in [-0.05, 0) is 38.8 Å². The van der Waals surface area contributed by atoms with Gasteiger partial charge in [-0.1, -0.05) is 6.07 Å². The van der Waals surface area contributed by atoms with E-state index in [0.717, 1.165) is 11.1 Å². The van der Waals surface area contributed by atoms with Gasteiger partial charge in [0.1, 0.15) is 6.10 Å². The largest absolute Gasteiger partial charge is 0.384 e. The minimum atomic E-state index is -0.631. The van der Waals surface area contributed by atoms with Crippen LogP contribution in [0, 0.1) is 13.8 Å². The highest BCUT2D eigenvalue weighted by Gasteiger charge is 2.12. The molecular weight excluding hydrogens is 190 g/mol. The van der Waals surface area contributed by atoms with Gasteiger partial charge in [-0.3, -0.25) is 4.98 Å². The quantitative estimate of drug-likeness (QED) is 0.826. The van der Waals surface area contributed by atoms with Crippen LogP contribution in [0.15, 0.2) is 12.3 Å². The number of aryl methyl sites for hydroxylation is 2. The number of aliphatic hydroxyl groups is 1. The Balaban J connectivity index is 2.69. The summed E-state index contributed by atoms with van der Waals surface area (Å²) in [7, 11) is 0. The van der Waals surface area contributed by atoms with Crippen molar-refractivity contribution in [1.29, 1.82) is 0 Å². The van der Waals surface area contributed by atoms with Gasteiger partial charge in [0, 0.05) is 6.20 Å². The van der Waals surface area contributed by atoms with Crippen LogP contribution < -0.4 is 0 Å². The highest BCUT2D eigenvalue weighted by Crippen LogP contribution is 2.16. The first-order valence-corrected chi connectivity index (χ1v) is 5.23. The molecular formula is C12H19NO2. The molecule has 1 aromatic rings. The number of hydrogen-bond donors (Lipinski definition) is 1. The summed E-state index contributed by atoms with van der Waals surface area (Å²) in [5, 5.41) is 9.85. The van der Waals surface area contributed by atoms with E-state index in [4.69, 9.17) is 4.74 Å². The van der Waals surface area contributed by atoms with Crippen LogP contribution in [-0.4, -0.2) is 22.8 Å². The Morgan fingerprint density at radius 3 is 2.60 bits per heavy atom. The number of aromatic nitrogens is 1. The molecule has 0 spiro atoms. The lowest BCUT2D eigenvalue weighted by Gasteiger charge is -2.15. The van der Waals surface area contributed by atoms with E-state index in [-0.39, 0.29) is 6.10 Å². The first kappa shape index (κ1) is 12.1. The molecule has 1 heterocycles. The Bertz CT molecular complexity index is 323. The fraction of sp³-hybridized carbons (Fsp3) is 0.583. The molecule has 0 saturated heterocycles. The summed E-state index contributed by atoms with van der Waals surface area (Å²) in [6.45, 7) is 8.13. The van der Waals surface area contributed by atoms with Gasteiger partial charge in [-0.15, -0.1) is 0 Å². The van der Waals surface area contributed by atoms with Gasteiger partial charge in [-0.25, -0.2) is 0 Å². The van der Waals surface area contributed by atoms with Crippen LogP contribution in [0.25, 0.3) is 0 Å². The summed E-state index contributed by atoms with van der Waals surface area (Å²) >= 11 is 0. The maximum Gasteiger partial charge on any atom is 0.119 e. The van der Waals surface area contributed by atoms with Crippen LogP contribution in [0.5, 0.6) is 0 Å². The molecule has 15 heavy (non-hydrogen) atoms. The molecule has 1 rings (SSSR count). The third-order valence-corrected chi connectivity index (χ3v) is 2.16. The van der Waals surface area contributed by atoms with Gasteiger partial charge in [0.25, 0.3) is 0 Å². The van der Waals surface area contributed by atoms with E-state index >= 15 is 0 Å². The van der Waals surface area contributed by atoms with Gasteiger partial charge in [0.15, 0.2) is 0 Å². The van der Waals surface area contributed by atoms with Gasteiger partial charge in [0.05, 0.1) is 18.4 Å². The highest BCUT2D eigenvalue weighted by molar-refractivity contribution is 5.24. The normalized spacial score (nSPS) is 13.2. The second-order valence-electron chi connectivity index (χ2n) is 4.11. The Morgan fingerprint density at radius 1 is 1.40 bits per heavy atom. The molecule has 3 nitrogen and oxygen atoms in total. The molecule has 1 unspecified atom stereocenters. The fourth-order valence-corrected chi connectivity index (χ4v) is 1.44. The molecule has 0 aliphatic heterocycles. The standard InChI is InChI=1S/C12H19NO2/c1-8(2)15-7-11(14)12-10(4)5-9(3)6-13-12/h5-6,8,11,14H,7H2,1-4H3. The van der Waals surface area contributed by atoms with Crippen molar-refractivity contribution >= 4 is 0 Å². The molecule has 3 heteroatoms. The maximum absolute atomic E-state index is 9.85. The zero-order chi connectivity index (χ0) is 11.4. The van der Waals surface area contributed by atoms with Crippen LogP contribution in [0.2, 0.25) is 0 Å². The van der Waals surface area contributed by atoms with Crippen LogP contribution in [0.4, 0.5) is 0 Å². The minimum Gasteiger partial charge on any atom is -0.384 e. The molecule has 84 valence electrons. The summed E-state index contributed by atoms with van der Waals surface area (Å²) in [4.78, 5) is 4.23. The zero-order valence-corrected chi connectivity index (χ0v) is 9.82. The van der Waals surface area contributed by atoms with Crippen molar-refractivity contribution in [1.82, 2.24) is 4.98 Å². The van der Waals surface area contributed by atoms with Gasteiger partial charge in [0.2, 0.25) is 0 Å². The van der Waals surface area contributed by atoms with Gasteiger partial charge in [-0.2, -0.15) is 0 Å². The second-order valence-corrected chi connectivity index (χ2v) is 4.11. The summed E-state index contributed by atoms with van der Waals surface area (Å²) in [6, 6.07) is 2.01. The number of pyridine rings is 1. The molecule has 0 bridgehead atoms. The first-order valence-electron chi connectivity index (χ1n) is 5.23. The van der Waals surface area contributed by atoms with Crippen molar-refractivity contribution in [2.45, 2.75) is 39.9 Å². The van der Waals surface area contributed by atoms with Crippen molar-refractivity contribution in [2.75, 3.05) is 6.61 Å². The Kier molecular flexibility index (Phi) is 4.24. The molecule has 1 atom stereocenters. The van der Waals surface area contributed by atoms with Crippen molar-refractivity contribution in [3.63, 3.8) is 0 Å². The topological polar surface area (TPSA) is 42.4 Å². The van der Waals surface area contributed by atoms with E-state index in [2.05, 4.69) is 4.98 Å². The fourth-order valence-electron chi connectivity index (χ4n) is 1.44. The summed E-state index contributed by atoms with van der Waals surface area (Å²) < 4.78 is 5.35. The van der Waals surface area contributed by atoms with Gasteiger partial charge >= 0.3 is 0 Å². The Hall–Kier alpha value is -0.930. The summed E-state index contributed by atoms with van der Waals surface area (Å²) in [6.07, 6.45) is 1.26. The molecule has 0 amide bonds. The average Bonchev–Trinajstić information content (AvgIpc) is 2.14. The second kappa shape index (κ2) is 5.24. The number of nitrogens with zero attached hydrogens (tertiary/aromatic N) is 1. The Labute approximate surface area is 91.1 Å². The first-order chi connectivity index (χ1) is 7.00. The third kappa shape index (κ3) is 3.61. The lowest BCUT2D eigenvalue weighted by atomic mass is 10.1. The molecule has 0 saturated carbocycles. The van der Waals surface area contributed by atoms with Crippen molar-refractivity contribution in [2.24, 2.45) is 0 Å². The third-order valence-electron chi connectivity index (χ3n) is 2.16. The average molecular weight is 209 g/mol. The zero-order valence-electron chi connectivity index (χ0n) is 9.82. The molecule has 1 N–H and O–H groups in total. The molecule has 0 radical (unpaired) electrons. The number of hydrogen-bond acceptors (Lipinski definition) is 3. The molecule has 0 aromatic carbocycles. The van der Waals surface area contributed by atoms with E-state index < -0.39 is 6.10 Å². The predicted octanol–water partition coefficient (Wildman–Crippen LogP) is 2.16. The van der Waals surface area contributed by atoms with E-state index in [9.17, 15) is 5.11 Å². The van der Waals surface area contributed by atoms with E-state index in [1.807, 2.05) is 33.8 Å². The SMILES string of the molecule is Cc1cnc(C(O)COC(C)C)c(C)c1. The van der Waals surface area contributed by atoms with E-state index in [1.165, 1.54) is 0 Å². The van der Waals surface area contributed by atoms with Crippen LogP contribution in [0.1, 0.15) is 36.8 Å². The minimum absolute atomic E-state index is 0.130. The molecule has 0 fully saturated rings. The monoisotopic (exact) mass is 209 g/mol. The lowest BCUT2D eigenvalue weighted by molar-refractivity contribution is 0.00300. The lowest BCUT2D eigenvalue weighted by Crippen LogP contribution is -2.14. The summed E-state index contributed by atoms with van der Waals surface area (Å²) in [5.74, 6) is 0. The Morgan fingerprint density at radius 2 is 2.07 bits per heavy atom. The molecule has 1 aromatic heterocycles. The van der Waals surface area contributed by atoms with Crippen LogP contribution in [0.3, 0.4) is 0 Å². The van der Waals surface area contributed by atoms with Crippen LogP contribution >= 0.6 is 0 Å². The van der Waals surface area contributed by atoms with Crippen LogP contribution in [-0.2, 0) is 4.74 Å². The predicted molar refractivity (Wildman–Crippen MR) is 59.8 cm³/mol. The van der Waals surface area contributed by atoms with Crippen molar-refractivity contribution in [3.05, 3.63) is 29.1 Å². The van der Waals surface area contributed by atoms with Crippen molar-refractivity contribution in [3.8, 4) is 0 Å². The number of ether oxygens (including phenoxy) is 1. The highest BCUT2D eigenvalue weighted by atomic mass is 16.5. The molecule has 0 aliphatic carbocycles. The molecule has 0 aliphatic rings. The maximum atomic E-state index is 9.85.